The fourth-order valence-corrected chi connectivity index (χ4v) is 4.47. The first-order valence-electron chi connectivity index (χ1n) is 9.44. The molecule has 1 fully saturated rings. The Morgan fingerprint density at radius 1 is 1.08 bits per heavy atom. The van der Waals surface area contributed by atoms with E-state index in [9.17, 15) is 5.11 Å². The zero-order chi connectivity index (χ0) is 17.2. The fourth-order valence-electron chi connectivity index (χ4n) is 4.47. The lowest BCUT2D eigenvalue weighted by Crippen LogP contribution is -2.30. The van der Waals surface area contributed by atoms with E-state index in [0.29, 0.717) is 11.8 Å². The molecule has 0 saturated carbocycles. The summed E-state index contributed by atoms with van der Waals surface area (Å²) in [5.41, 5.74) is 5.15. The van der Waals surface area contributed by atoms with Gasteiger partial charge in [-0.2, -0.15) is 0 Å². The van der Waals surface area contributed by atoms with Crippen LogP contribution in [0.3, 0.4) is 0 Å². The second-order valence-corrected chi connectivity index (χ2v) is 7.39. The average molecular weight is 337 g/mol. The second-order valence-electron chi connectivity index (χ2n) is 7.39. The maximum atomic E-state index is 10.4. The topological polar surface area (TPSA) is 32.7 Å². The van der Waals surface area contributed by atoms with Gasteiger partial charge in [0.1, 0.15) is 11.5 Å². The summed E-state index contributed by atoms with van der Waals surface area (Å²) in [4.78, 5) is 2.53. The van der Waals surface area contributed by atoms with Gasteiger partial charge in [-0.15, -0.1) is 0 Å². The number of benzene rings is 2. The van der Waals surface area contributed by atoms with Crippen LogP contribution in [0.1, 0.15) is 41.5 Å². The summed E-state index contributed by atoms with van der Waals surface area (Å²) in [5.74, 6) is 1.46. The normalized spacial score (nSPS) is 20.0. The van der Waals surface area contributed by atoms with Gasteiger partial charge in [-0.05, 0) is 73.9 Å². The molecule has 3 nitrogen and oxygen atoms in total. The summed E-state index contributed by atoms with van der Waals surface area (Å²) >= 11 is 0. The number of phenols is 1. The molecule has 132 valence electrons. The number of hydrogen-bond donors (Lipinski definition) is 1. The Morgan fingerprint density at radius 2 is 1.88 bits per heavy atom. The molecule has 0 spiro atoms. The number of rotatable bonds is 5. The van der Waals surface area contributed by atoms with Crippen LogP contribution in [0.2, 0.25) is 0 Å². The summed E-state index contributed by atoms with van der Waals surface area (Å²) in [7, 11) is 1.74. The van der Waals surface area contributed by atoms with Gasteiger partial charge in [0.05, 0.1) is 7.11 Å². The van der Waals surface area contributed by atoms with Crippen LogP contribution in [0.4, 0.5) is 0 Å². The van der Waals surface area contributed by atoms with Crippen LogP contribution in [0, 0.1) is 0 Å². The number of aromatic hydroxyl groups is 1. The lowest BCUT2D eigenvalue weighted by atomic mass is 10.0. The van der Waals surface area contributed by atoms with E-state index in [1.807, 2.05) is 18.2 Å². The number of likely N-dealkylation sites (tertiary alicyclic amines) is 1. The van der Waals surface area contributed by atoms with Crippen LogP contribution in [0.15, 0.2) is 36.4 Å². The number of nitrogens with zero attached hydrogens (tertiary/aromatic N) is 1. The van der Waals surface area contributed by atoms with Crippen LogP contribution in [0.25, 0.3) is 0 Å². The lowest BCUT2D eigenvalue weighted by Gasteiger charge is -2.26. The Morgan fingerprint density at radius 3 is 2.72 bits per heavy atom. The lowest BCUT2D eigenvalue weighted by molar-refractivity contribution is 0.239. The minimum atomic E-state index is 0.476. The smallest absolute Gasteiger partial charge is 0.122 e. The molecule has 25 heavy (non-hydrogen) atoms. The molecular weight excluding hydrogens is 310 g/mol. The standard InChI is InChI=1S/C22H27NO2/c1-25-22-10-3-2-6-18(22)13-20-9-5-11-23(20)15-19-12-16-7-4-8-17(16)14-21(19)24/h2-3,6,10,12,14,20,24H,4-5,7-9,11,13,15H2,1H3. The fraction of sp³-hybridized carbons (Fsp3) is 0.455. The minimum Gasteiger partial charge on any atom is -0.508 e. The number of hydrogen-bond acceptors (Lipinski definition) is 3. The minimum absolute atomic E-state index is 0.476. The highest BCUT2D eigenvalue weighted by atomic mass is 16.5. The number of phenolic OH excluding ortho intramolecular Hbond substituents is 1. The molecular formula is C22H27NO2. The van der Waals surface area contributed by atoms with Gasteiger partial charge in [-0.1, -0.05) is 24.3 Å². The molecule has 1 unspecified atom stereocenters. The van der Waals surface area contributed by atoms with E-state index in [1.165, 1.54) is 36.0 Å². The predicted molar refractivity (Wildman–Crippen MR) is 100 cm³/mol. The summed E-state index contributed by atoms with van der Waals surface area (Å²) in [6.07, 6.45) is 6.94. The molecule has 3 heteroatoms. The van der Waals surface area contributed by atoms with Crippen molar-refractivity contribution < 1.29 is 9.84 Å². The number of methoxy groups -OCH3 is 1. The van der Waals surface area contributed by atoms with E-state index in [2.05, 4.69) is 23.1 Å². The quantitative estimate of drug-likeness (QED) is 0.892. The van der Waals surface area contributed by atoms with Gasteiger partial charge in [0.2, 0.25) is 0 Å². The van der Waals surface area contributed by atoms with Gasteiger partial charge in [-0.3, -0.25) is 4.90 Å². The summed E-state index contributed by atoms with van der Waals surface area (Å²) in [6.45, 7) is 1.95. The molecule has 0 radical (unpaired) electrons. The molecule has 2 aliphatic rings. The molecule has 0 amide bonds. The average Bonchev–Trinajstić information content (AvgIpc) is 3.25. The van der Waals surface area contributed by atoms with Crippen molar-refractivity contribution in [1.82, 2.24) is 4.90 Å². The predicted octanol–water partition coefficient (Wildman–Crippen LogP) is 4.10. The molecule has 1 saturated heterocycles. The van der Waals surface area contributed by atoms with E-state index < -0.39 is 0 Å². The number of ether oxygens (including phenoxy) is 1. The van der Waals surface area contributed by atoms with Crippen molar-refractivity contribution in [2.45, 2.75) is 51.1 Å². The molecule has 0 bridgehead atoms. The van der Waals surface area contributed by atoms with Crippen molar-refractivity contribution in [3.63, 3.8) is 0 Å². The van der Waals surface area contributed by atoms with E-state index >= 15 is 0 Å². The van der Waals surface area contributed by atoms with E-state index in [1.54, 1.807) is 7.11 Å². The zero-order valence-electron chi connectivity index (χ0n) is 15.0. The SMILES string of the molecule is COc1ccccc1CC1CCCN1Cc1cc2c(cc1O)CCC2. The Balaban J connectivity index is 1.50. The number of aryl methyl sites for hydroxylation is 2. The van der Waals surface area contributed by atoms with Crippen LogP contribution < -0.4 is 4.74 Å². The van der Waals surface area contributed by atoms with Gasteiger partial charge in [0, 0.05) is 18.2 Å². The van der Waals surface area contributed by atoms with Crippen molar-refractivity contribution in [3.8, 4) is 11.5 Å². The second kappa shape index (κ2) is 7.09. The van der Waals surface area contributed by atoms with E-state index in [-0.39, 0.29) is 0 Å². The number of para-hydroxylation sites is 1. The summed E-state index contributed by atoms with van der Waals surface area (Å²) in [6, 6.07) is 13.1. The van der Waals surface area contributed by atoms with Crippen LogP contribution >= 0.6 is 0 Å². The molecule has 4 rings (SSSR count). The van der Waals surface area contributed by atoms with Gasteiger partial charge >= 0.3 is 0 Å². The number of fused-ring (bicyclic) bond motifs is 1. The summed E-state index contributed by atoms with van der Waals surface area (Å²) in [5, 5.41) is 10.4. The first-order chi connectivity index (χ1) is 12.2. The largest absolute Gasteiger partial charge is 0.508 e. The first-order valence-corrected chi connectivity index (χ1v) is 9.44. The summed E-state index contributed by atoms with van der Waals surface area (Å²) < 4.78 is 5.52. The van der Waals surface area contributed by atoms with Gasteiger partial charge in [0.25, 0.3) is 0 Å². The van der Waals surface area contributed by atoms with Gasteiger partial charge in [0.15, 0.2) is 0 Å². The van der Waals surface area contributed by atoms with Crippen LogP contribution in [-0.2, 0) is 25.8 Å². The molecule has 1 aliphatic carbocycles. The van der Waals surface area contributed by atoms with Crippen molar-refractivity contribution in [1.29, 1.82) is 0 Å². The van der Waals surface area contributed by atoms with Gasteiger partial charge < -0.3 is 9.84 Å². The molecule has 2 aromatic carbocycles. The third kappa shape index (κ3) is 3.38. The maximum absolute atomic E-state index is 10.4. The highest BCUT2D eigenvalue weighted by Crippen LogP contribution is 2.32. The maximum Gasteiger partial charge on any atom is 0.122 e. The molecule has 0 aromatic heterocycles. The van der Waals surface area contributed by atoms with Gasteiger partial charge in [-0.25, -0.2) is 0 Å². The van der Waals surface area contributed by atoms with Crippen molar-refractivity contribution in [2.24, 2.45) is 0 Å². The van der Waals surface area contributed by atoms with Crippen molar-refractivity contribution in [2.75, 3.05) is 13.7 Å². The van der Waals surface area contributed by atoms with Crippen LogP contribution in [0.5, 0.6) is 11.5 Å². The highest BCUT2D eigenvalue weighted by Gasteiger charge is 2.27. The Hall–Kier alpha value is -2.00. The van der Waals surface area contributed by atoms with Crippen molar-refractivity contribution in [3.05, 3.63) is 58.7 Å². The van der Waals surface area contributed by atoms with Crippen molar-refractivity contribution >= 4 is 0 Å². The molecule has 1 heterocycles. The molecule has 2 aromatic rings. The Bertz CT molecular complexity index is 756. The Labute approximate surface area is 150 Å². The first kappa shape index (κ1) is 16.5. The monoisotopic (exact) mass is 337 g/mol. The van der Waals surface area contributed by atoms with E-state index in [4.69, 9.17) is 4.74 Å². The molecule has 1 aliphatic heterocycles. The zero-order valence-corrected chi connectivity index (χ0v) is 15.0. The van der Waals surface area contributed by atoms with E-state index in [0.717, 1.165) is 43.7 Å². The third-order valence-corrected chi connectivity index (χ3v) is 5.81. The highest BCUT2D eigenvalue weighted by molar-refractivity contribution is 5.44. The molecule has 1 atom stereocenters. The Kier molecular flexibility index (Phi) is 4.67. The third-order valence-electron chi connectivity index (χ3n) is 5.81. The van der Waals surface area contributed by atoms with Crippen LogP contribution in [-0.4, -0.2) is 29.7 Å². The molecule has 1 N–H and O–H groups in total.